The van der Waals surface area contributed by atoms with Gasteiger partial charge in [-0.05, 0) is 17.7 Å². The van der Waals surface area contributed by atoms with E-state index in [1.54, 1.807) is 13.3 Å². The van der Waals surface area contributed by atoms with Crippen LogP contribution in [-0.2, 0) is 24.2 Å². The predicted octanol–water partition coefficient (Wildman–Crippen LogP) is 3.45. The van der Waals surface area contributed by atoms with Crippen LogP contribution in [0.15, 0.2) is 48.8 Å². The summed E-state index contributed by atoms with van der Waals surface area (Å²) in [6.07, 6.45) is 4.57. The average molecular weight is 518 g/mol. The second-order valence-electron chi connectivity index (χ2n) is 9.11. The van der Waals surface area contributed by atoms with Crippen LogP contribution in [0.5, 0.6) is 17.2 Å². The van der Waals surface area contributed by atoms with Crippen molar-refractivity contribution in [1.82, 2.24) is 14.5 Å². The Morgan fingerprint density at radius 3 is 2.68 bits per heavy atom. The smallest absolute Gasteiger partial charge is 0.161 e. The lowest BCUT2D eigenvalue weighted by molar-refractivity contribution is -0.0647. The SMILES string of the molecule is CCc1nccn1CCOc1cc(CN2CCOC[C@@](O)(COc3cc(F)cc(F)c3)C2)ccc1OC. The van der Waals surface area contributed by atoms with Crippen molar-refractivity contribution in [2.24, 2.45) is 0 Å². The van der Waals surface area contributed by atoms with Crippen LogP contribution in [0.1, 0.15) is 18.3 Å². The zero-order chi connectivity index (χ0) is 26.3. The number of aromatic nitrogens is 2. The highest BCUT2D eigenvalue weighted by atomic mass is 19.1. The number of nitrogens with zero attached hydrogens (tertiary/aromatic N) is 3. The van der Waals surface area contributed by atoms with E-state index in [-0.39, 0.29) is 25.5 Å². The summed E-state index contributed by atoms with van der Waals surface area (Å²) in [7, 11) is 1.60. The fourth-order valence-electron chi connectivity index (χ4n) is 4.35. The van der Waals surface area contributed by atoms with Gasteiger partial charge in [-0.25, -0.2) is 13.8 Å². The molecule has 1 saturated heterocycles. The molecule has 8 nitrogen and oxygen atoms in total. The van der Waals surface area contributed by atoms with E-state index >= 15 is 0 Å². The molecule has 10 heteroatoms. The number of methoxy groups -OCH3 is 1. The molecule has 4 rings (SSSR count). The number of β-amino-alcohol motifs (C(OH)–C–C–N with tert-alkyl or cyclic N) is 1. The van der Waals surface area contributed by atoms with E-state index in [1.165, 1.54) is 0 Å². The first-order valence-electron chi connectivity index (χ1n) is 12.3. The molecule has 1 fully saturated rings. The maximum absolute atomic E-state index is 13.5. The molecule has 1 aliphatic heterocycles. The van der Waals surface area contributed by atoms with Gasteiger partial charge >= 0.3 is 0 Å². The van der Waals surface area contributed by atoms with Crippen LogP contribution < -0.4 is 14.2 Å². The number of halogens is 2. The van der Waals surface area contributed by atoms with Crippen molar-refractivity contribution in [3.8, 4) is 17.2 Å². The standard InChI is InChI=1S/C27H33F2N3O5/c1-3-26-30-6-7-32(26)9-11-36-25-12-20(4-5-24(25)34-2)16-31-8-10-35-18-27(33,17-31)19-37-23-14-21(28)13-22(29)15-23/h4-7,12-15,33H,3,8-11,16-19H2,1-2H3/t27-/m1/s1. The van der Waals surface area contributed by atoms with E-state index in [9.17, 15) is 13.9 Å². The Hall–Kier alpha value is -3.21. The lowest BCUT2D eigenvalue weighted by Crippen LogP contribution is -2.48. The van der Waals surface area contributed by atoms with Crippen LogP contribution in [-0.4, -0.2) is 71.8 Å². The van der Waals surface area contributed by atoms with Gasteiger partial charge in [0.15, 0.2) is 11.5 Å². The van der Waals surface area contributed by atoms with Crippen LogP contribution in [0.4, 0.5) is 8.78 Å². The number of hydrogen-bond donors (Lipinski definition) is 1. The first-order chi connectivity index (χ1) is 17.9. The normalized spacial score (nSPS) is 18.4. The first-order valence-corrected chi connectivity index (χ1v) is 12.3. The van der Waals surface area contributed by atoms with Gasteiger partial charge in [0, 0.05) is 56.6 Å². The summed E-state index contributed by atoms with van der Waals surface area (Å²) >= 11 is 0. The molecule has 0 radical (unpaired) electrons. The highest BCUT2D eigenvalue weighted by Gasteiger charge is 2.33. The molecule has 3 aromatic rings. The van der Waals surface area contributed by atoms with Crippen molar-refractivity contribution >= 4 is 0 Å². The molecule has 1 N–H and O–H groups in total. The number of imidazole rings is 1. The maximum atomic E-state index is 13.5. The number of aryl methyl sites for hydroxylation is 1. The number of rotatable bonds is 11. The molecule has 2 heterocycles. The zero-order valence-corrected chi connectivity index (χ0v) is 21.2. The molecule has 2 aromatic carbocycles. The Labute approximate surface area is 215 Å². The Kier molecular flexibility index (Phi) is 8.96. The van der Waals surface area contributed by atoms with Crippen molar-refractivity contribution in [3.63, 3.8) is 0 Å². The summed E-state index contributed by atoms with van der Waals surface area (Å²) in [6, 6.07) is 8.68. The van der Waals surface area contributed by atoms with Crippen molar-refractivity contribution in [1.29, 1.82) is 0 Å². The fourth-order valence-corrected chi connectivity index (χ4v) is 4.35. The Bertz CT molecular complexity index is 1150. The van der Waals surface area contributed by atoms with Gasteiger partial charge in [-0.15, -0.1) is 0 Å². The largest absolute Gasteiger partial charge is 0.493 e. The minimum atomic E-state index is -1.35. The van der Waals surface area contributed by atoms with E-state index in [0.717, 1.165) is 36.0 Å². The summed E-state index contributed by atoms with van der Waals surface area (Å²) in [5.74, 6) is 0.808. The molecule has 0 bridgehead atoms. The van der Waals surface area contributed by atoms with Gasteiger partial charge in [-0.3, -0.25) is 4.90 Å². The topological polar surface area (TPSA) is 78.2 Å². The van der Waals surface area contributed by atoms with Crippen molar-refractivity contribution in [3.05, 3.63) is 71.8 Å². The minimum Gasteiger partial charge on any atom is -0.493 e. The Balaban J connectivity index is 1.38. The quantitative estimate of drug-likeness (QED) is 0.418. The van der Waals surface area contributed by atoms with Crippen LogP contribution in [0.25, 0.3) is 0 Å². The van der Waals surface area contributed by atoms with E-state index in [2.05, 4.69) is 16.5 Å². The second kappa shape index (κ2) is 12.4. The summed E-state index contributed by atoms with van der Waals surface area (Å²) in [5.41, 5.74) is -0.377. The van der Waals surface area contributed by atoms with Gasteiger partial charge in [0.25, 0.3) is 0 Å². The molecule has 0 spiro atoms. The maximum Gasteiger partial charge on any atom is 0.161 e. The van der Waals surface area contributed by atoms with Gasteiger partial charge in [-0.1, -0.05) is 13.0 Å². The highest BCUT2D eigenvalue weighted by molar-refractivity contribution is 5.43. The summed E-state index contributed by atoms with van der Waals surface area (Å²) in [6.45, 7) is 4.88. The number of hydrogen-bond acceptors (Lipinski definition) is 7. The fraction of sp³-hybridized carbons (Fsp3) is 0.444. The van der Waals surface area contributed by atoms with Gasteiger partial charge in [0.1, 0.15) is 42.0 Å². The molecule has 37 heavy (non-hydrogen) atoms. The molecule has 200 valence electrons. The van der Waals surface area contributed by atoms with Gasteiger partial charge in [0.2, 0.25) is 0 Å². The van der Waals surface area contributed by atoms with Gasteiger partial charge in [0.05, 0.1) is 26.9 Å². The Morgan fingerprint density at radius 2 is 1.92 bits per heavy atom. The third-order valence-corrected chi connectivity index (χ3v) is 6.13. The molecule has 1 aliphatic rings. The molecule has 1 atom stereocenters. The molecular weight excluding hydrogens is 484 g/mol. The highest BCUT2D eigenvalue weighted by Crippen LogP contribution is 2.29. The number of aliphatic hydroxyl groups is 1. The average Bonchev–Trinajstić information content (AvgIpc) is 3.24. The van der Waals surface area contributed by atoms with Crippen LogP contribution in [0.2, 0.25) is 0 Å². The molecule has 0 aliphatic carbocycles. The van der Waals surface area contributed by atoms with Crippen LogP contribution in [0, 0.1) is 11.6 Å². The number of ether oxygens (including phenoxy) is 4. The first kappa shape index (κ1) is 26.8. The lowest BCUT2D eigenvalue weighted by Gasteiger charge is -2.30. The second-order valence-corrected chi connectivity index (χ2v) is 9.11. The third kappa shape index (κ3) is 7.41. The summed E-state index contributed by atoms with van der Waals surface area (Å²) < 4.78 is 51.7. The van der Waals surface area contributed by atoms with Gasteiger partial charge < -0.3 is 28.6 Å². The van der Waals surface area contributed by atoms with Crippen LogP contribution >= 0.6 is 0 Å². The molecular formula is C27H33F2N3O5. The zero-order valence-electron chi connectivity index (χ0n) is 21.2. The molecule has 0 saturated carbocycles. The van der Waals surface area contributed by atoms with E-state index < -0.39 is 17.2 Å². The molecule has 0 unspecified atom stereocenters. The summed E-state index contributed by atoms with van der Waals surface area (Å²) in [5, 5.41) is 11.2. The summed E-state index contributed by atoms with van der Waals surface area (Å²) in [4.78, 5) is 6.38. The Morgan fingerprint density at radius 1 is 1.11 bits per heavy atom. The van der Waals surface area contributed by atoms with Crippen molar-refractivity contribution in [2.75, 3.05) is 46.6 Å². The predicted molar refractivity (Wildman–Crippen MR) is 133 cm³/mol. The minimum absolute atomic E-state index is 0.0143. The van der Waals surface area contributed by atoms with Crippen molar-refractivity contribution < 1.29 is 32.8 Å². The molecule has 1 aromatic heterocycles. The van der Waals surface area contributed by atoms with E-state index in [0.29, 0.717) is 44.3 Å². The van der Waals surface area contributed by atoms with Crippen molar-refractivity contribution in [2.45, 2.75) is 32.0 Å². The monoisotopic (exact) mass is 517 g/mol. The molecule has 0 amide bonds. The van der Waals surface area contributed by atoms with Gasteiger partial charge in [-0.2, -0.15) is 0 Å². The van der Waals surface area contributed by atoms with E-state index in [4.69, 9.17) is 18.9 Å². The lowest BCUT2D eigenvalue weighted by atomic mass is 10.1. The van der Waals surface area contributed by atoms with E-state index in [1.807, 2.05) is 29.3 Å². The number of benzene rings is 2. The third-order valence-electron chi connectivity index (χ3n) is 6.13. The van der Waals surface area contributed by atoms with Crippen LogP contribution in [0.3, 0.4) is 0 Å².